The number of carbonyl (C=O) groups is 2. The molecule has 0 unspecified atom stereocenters. The fourth-order valence-corrected chi connectivity index (χ4v) is 3.49. The molecule has 0 radical (unpaired) electrons. The second-order valence-electron chi connectivity index (χ2n) is 4.92. The third-order valence-electron chi connectivity index (χ3n) is 3.10. The van der Waals surface area contributed by atoms with E-state index in [0.29, 0.717) is 11.4 Å². The smallest absolute Gasteiger partial charge is 0.239 e. The molecule has 0 spiro atoms. The van der Waals surface area contributed by atoms with Gasteiger partial charge < -0.3 is 10.6 Å². The summed E-state index contributed by atoms with van der Waals surface area (Å²) in [6.45, 7) is 0. The summed E-state index contributed by atoms with van der Waals surface area (Å²) in [7, 11) is -3.84. The van der Waals surface area contributed by atoms with Gasteiger partial charge in [0, 0.05) is 11.4 Å². The third kappa shape index (κ3) is 4.94. The average Bonchev–Trinajstić information content (AvgIpc) is 2.62. The van der Waals surface area contributed by atoms with E-state index in [4.69, 9.17) is 23.2 Å². The first-order valence-corrected chi connectivity index (χ1v) is 9.59. The van der Waals surface area contributed by atoms with Crippen LogP contribution in [0.4, 0.5) is 11.4 Å². The van der Waals surface area contributed by atoms with Crippen molar-refractivity contribution in [2.75, 3.05) is 22.4 Å². The van der Waals surface area contributed by atoms with E-state index < -0.39 is 21.7 Å². The first-order chi connectivity index (χ1) is 11.9. The van der Waals surface area contributed by atoms with Crippen LogP contribution in [-0.2, 0) is 19.4 Å². The summed E-state index contributed by atoms with van der Waals surface area (Å²) in [5.41, 5.74) is 0.636. The minimum absolute atomic E-state index is 0.000641. The van der Waals surface area contributed by atoms with Gasteiger partial charge in [-0.2, -0.15) is 0 Å². The van der Waals surface area contributed by atoms with Gasteiger partial charge in [0.25, 0.3) is 0 Å². The fourth-order valence-electron chi connectivity index (χ4n) is 2.01. The van der Waals surface area contributed by atoms with Crippen LogP contribution in [0.2, 0.25) is 0 Å². The third-order valence-corrected chi connectivity index (χ3v) is 5.33. The normalized spacial score (nSPS) is 11.0. The van der Waals surface area contributed by atoms with Crippen LogP contribution in [-0.4, -0.2) is 32.0 Å². The van der Waals surface area contributed by atoms with Crippen LogP contribution in [0.3, 0.4) is 0 Å². The molecule has 2 aromatic rings. The van der Waals surface area contributed by atoms with Crippen LogP contribution in [0.25, 0.3) is 0 Å². The number of amides is 2. The fraction of sp³-hybridized carbons (Fsp3) is 0.125. The van der Waals surface area contributed by atoms with Crippen LogP contribution < -0.4 is 10.6 Å². The van der Waals surface area contributed by atoms with Gasteiger partial charge in [0.2, 0.25) is 21.7 Å². The minimum atomic E-state index is -3.84. The van der Waals surface area contributed by atoms with Crippen molar-refractivity contribution in [3.63, 3.8) is 0 Å². The molecule has 0 saturated carbocycles. The summed E-state index contributed by atoms with van der Waals surface area (Å²) in [6.07, 6.45) is 0. The average molecular weight is 401 g/mol. The number of rotatable bonds is 6. The maximum absolute atomic E-state index is 12.8. The zero-order valence-electron chi connectivity index (χ0n) is 12.8. The van der Waals surface area contributed by atoms with E-state index in [2.05, 4.69) is 10.6 Å². The Morgan fingerprint density at radius 2 is 1.20 bits per heavy atom. The minimum Gasteiger partial charge on any atom is -0.325 e. The maximum atomic E-state index is 12.8. The number of hydrogen-bond acceptors (Lipinski definition) is 4. The van der Waals surface area contributed by atoms with Gasteiger partial charge in [-0.1, -0.05) is 12.1 Å². The van der Waals surface area contributed by atoms with Crippen molar-refractivity contribution in [1.82, 2.24) is 0 Å². The molecular formula is C16H14Cl2N2O4S. The predicted octanol–water partition coefficient (Wildman–Crippen LogP) is 2.87. The number of nitrogens with one attached hydrogen (secondary N) is 2. The first-order valence-electron chi connectivity index (χ1n) is 7.03. The molecule has 0 saturated heterocycles. The molecular weight excluding hydrogens is 387 g/mol. The van der Waals surface area contributed by atoms with Crippen molar-refractivity contribution in [2.45, 2.75) is 9.79 Å². The van der Waals surface area contributed by atoms with Crippen LogP contribution in [0.1, 0.15) is 0 Å². The Morgan fingerprint density at radius 3 is 1.56 bits per heavy atom. The SMILES string of the molecule is O=C(CCl)Nc1cccc(S(=O)(=O)c2cccc(NC(=O)CCl)c2)c1. The quantitative estimate of drug-likeness (QED) is 0.729. The highest BCUT2D eigenvalue weighted by Gasteiger charge is 2.19. The molecule has 0 heterocycles. The van der Waals surface area contributed by atoms with E-state index in [1.165, 1.54) is 36.4 Å². The highest BCUT2D eigenvalue weighted by atomic mass is 35.5. The lowest BCUT2D eigenvalue weighted by Crippen LogP contribution is -2.13. The summed E-state index contributed by atoms with van der Waals surface area (Å²) >= 11 is 10.8. The predicted molar refractivity (Wildman–Crippen MR) is 97.0 cm³/mol. The van der Waals surface area contributed by atoms with Crippen LogP contribution in [0.5, 0.6) is 0 Å². The molecule has 2 amide bonds. The number of carbonyl (C=O) groups excluding carboxylic acids is 2. The lowest BCUT2D eigenvalue weighted by Gasteiger charge is -2.09. The Kier molecular flexibility index (Phi) is 6.41. The number of alkyl halides is 2. The summed E-state index contributed by atoms with van der Waals surface area (Å²) in [6, 6.07) is 11.6. The number of sulfone groups is 1. The molecule has 2 N–H and O–H groups in total. The Balaban J connectivity index is 2.35. The number of anilines is 2. The lowest BCUT2D eigenvalue weighted by molar-refractivity contribution is -0.114. The highest BCUT2D eigenvalue weighted by molar-refractivity contribution is 7.91. The molecule has 0 fully saturated rings. The largest absolute Gasteiger partial charge is 0.325 e. The van der Waals surface area contributed by atoms with E-state index in [0.717, 1.165) is 0 Å². The number of halogens is 2. The van der Waals surface area contributed by atoms with E-state index in [-0.39, 0.29) is 21.6 Å². The standard InChI is InChI=1S/C16H14Cl2N2O4S/c17-9-15(21)19-11-3-1-5-13(7-11)25(23,24)14-6-2-4-12(8-14)20-16(22)10-18/h1-8H,9-10H2,(H,19,21)(H,20,22). The van der Waals surface area contributed by atoms with E-state index in [1.54, 1.807) is 12.1 Å². The second-order valence-corrected chi connectivity index (χ2v) is 7.41. The van der Waals surface area contributed by atoms with Crippen molar-refractivity contribution in [1.29, 1.82) is 0 Å². The molecule has 132 valence electrons. The van der Waals surface area contributed by atoms with Crippen molar-refractivity contribution < 1.29 is 18.0 Å². The molecule has 9 heteroatoms. The van der Waals surface area contributed by atoms with E-state index in [9.17, 15) is 18.0 Å². The zero-order chi connectivity index (χ0) is 18.4. The molecule has 0 atom stereocenters. The summed E-state index contributed by atoms with van der Waals surface area (Å²) in [5.74, 6) is -1.36. The van der Waals surface area contributed by atoms with Gasteiger partial charge in [-0.05, 0) is 36.4 Å². The summed E-state index contributed by atoms with van der Waals surface area (Å²) in [4.78, 5) is 22.7. The molecule has 2 aromatic carbocycles. The molecule has 2 rings (SSSR count). The topological polar surface area (TPSA) is 92.3 Å². The molecule has 0 aliphatic carbocycles. The number of hydrogen-bond donors (Lipinski definition) is 2. The van der Waals surface area contributed by atoms with Gasteiger partial charge in [0.1, 0.15) is 11.8 Å². The van der Waals surface area contributed by atoms with Gasteiger partial charge in [-0.25, -0.2) is 8.42 Å². The summed E-state index contributed by atoms with van der Waals surface area (Å²) in [5, 5.41) is 4.99. The monoisotopic (exact) mass is 400 g/mol. The van der Waals surface area contributed by atoms with Crippen molar-refractivity contribution in [3.8, 4) is 0 Å². The Hall–Kier alpha value is -2.09. The van der Waals surface area contributed by atoms with Gasteiger partial charge in [-0.15, -0.1) is 23.2 Å². The van der Waals surface area contributed by atoms with Crippen molar-refractivity contribution in [2.24, 2.45) is 0 Å². The van der Waals surface area contributed by atoms with Crippen molar-refractivity contribution >= 4 is 56.2 Å². The Morgan fingerprint density at radius 1 is 0.800 bits per heavy atom. The highest BCUT2D eigenvalue weighted by Crippen LogP contribution is 2.25. The van der Waals surface area contributed by atoms with Crippen molar-refractivity contribution in [3.05, 3.63) is 48.5 Å². The maximum Gasteiger partial charge on any atom is 0.239 e. The number of benzene rings is 2. The molecule has 0 aliphatic rings. The van der Waals surface area contributed by atoms with E-state index in [1.807, 2.05) is 0 Å². The van der Waals surface area contributed by atoms with Gasteiger partial charge >= 0.3 is 0 Å². The second kappa shape index (κ2) is 8.33. The molecule has 25 heavy (non-hydrogen) atoms. The Bertz CT molecular complexity index is 833. The van der Waals surface area contributed by atoms with Crippen LogP contribution in [0, 0.1) is 0 Å². The van der Waals surface area contributed by atoms with Gasteiger partial charge in [-0.3, -0.25) is 9.59 Å². The molecule has 0 aromatic heterocycles. The first kappa shape index (κ1) is 19.2. The Labute approximate surface area is 155 Å². The molecule has 0 bridgehead atoms. The lowest BCUT2D eigenvalue weighted by atomic mass is 10.3. The van der Waals surface area contributed by atoms with Crippen LogP contribution >= 0.6 is 23.2 Å². The van der Waals surface area contributed by atoms with E-state index >= 15 is 0 Å². The molecule has 6 nitrogen and oxygen atoms in total. The van der Waals surface area contributed by atoms with Crippen LogP contribution in [0.15, 0.2) is 58.3 Å². The van der Waals surface area contributed by atoms with Gasteiger partial charge in [0.15, 0.2) is 0 Å². The molecule has 0 aliphatic heterocycles. The summed E-state index contributed by atoms with van der Waals surface area (Å²) < 4.78 is 25.5. The van der Waals surface area contributed by atoms with Gasteiger partial charge in [0.05, 0.1) is 9.79 Å². The zero-order valence-corrected chi connectivity index (χ0v) is 15.2.